The van der Waals surface area contributed by atoms with Gasteiger partial charge in [-0.3, -0.25) is 0 Å². The summed E-state index contributed by atoms with van der Waals surface area (Å²) in [6.45, 7) is 0. The molecule has 0 aliphatic carbocycles. The van der Waals surface area contributed by atoms with Gasteiger partial charge in [-0.15, -0.1) is 0 Å². The van der Waals surface area contributed by atoms with Crippen molar-refractivity contribution in [3.63, 3.8) is 0 Å². The molecule has 0 atom stereocenters. The first-order chi connectivity index (χ1) is 6.25. The molecule has 8 heteroatoms. The number of carbonyl (C=O) groups is 1. The minimum Gasteiger partial charge on any atom is -0.477 e. The average molecular weight is 248 g/mol. The van der Waals surface area contributed by atoms with Crippen molar-refractivity contribution in [1.29, 1.82) is 0 Å². The molecule has 14 heavy (non-hydrogen) atoms. The van der Waals surface area contributed by atoms with Crippen molar-refractivity contribution in [3.05, 3.63) is 21.4 Å². The molecule has 78 valence electrons. The topological polar surface area (TPSA) is 53.1 Å². The molecule has 0 spiro atoms. The Morgan fingerprint density at radius 3 is 2.00 bits per heavy atom. The maximum Gasteiger partial charge on any atom is 0.432 e. The highest BCUT2D eigenvalue weighted by Crippen LogP contribution is 2.39. The fourth-order valence-corrected chi connectivity index (χ4v) is 1.27. The Balaban J connectivity index is 3.37. The molecule has 0 saturated heterocycles. The van der Waals surface area contributed by atoms with Crippen LogP contribution in [-0.2, 0) is 6.18 Å². The first-order valence-corrected chi connectivity index (χ1v) is 3.88. The molecule has 0 aliphatic rings. The lowest BCUT2D eigenvalue weighted by molar-refractivity contribution is -0.140. The molecule has 1 aromatic rings. The first-order valence-electron chi connectivity index (χ1n) is 3.12. The second-order valence-corrected chi connectivity index (χ2v) is 3.06. The highest BCUT2D eigenvalue weighted by atomic mass is 35.5. The maximum absolute atomic E-state index is 12.1. The van der Waals surface area contributed by atoms with Crippen LogP contribution in [0.1, 0.15) is 16.2 Å². The van der Waals surface area contributed by atoms with Crippen LogP contribution in [0.5, 0.6) is 0 Å². The average Bonchev–Trinajstić information content (AvgIpc) is 2.28. The molecule has 0 fully saturated rings. The van der Waals surface area contributed by atoms with E-state index in [0.717, 1.165) is 0 Å². The van der Waals surface area contributed by atoms with Crippen LogP contribution in [0.2, 0.25) is 10.0 Å². The van der Waals surface area contributed by atoms with Crippen molar-refractivity contribution in [3.8, 4) is 0 Å². The summed E-state index contributed by atoms with van der Waals surface area (Å²) >= 11 is 10.5. The predicted molar refractivity (Wildman–Crippen MR) is 42.8 cm³/mol. The van der Waals surface area contributed by atoms with Gasteiger partial charge in [0.2, 0.25) is 0 Å². The Kier molecular flexibility index (Phi) is 2.69. The van der Waals surface area contributed by atoms with E-state index in [1.54, 1.807) is 4.98 Å². The largest absolute Gasteiger partial charge is 0.477 e. The Hall–Kier alpha value is -0.880. The van der Waals surface area contributed by atoms with E-state index in [9.17, 15) is 18.0 Å². The Bertz CT molecular complexity index is 385. The molecule has 0 radical (unpaired) electrons. The highest BCUT2D eigenvalue weighted by molar-refractivity contribution is 6.44. The fraction of sp³-hybridized carbons (Fsp3) is 0.167. The number of alkyl halides is 3. The third-order valence-electron chi connectivity index (χ3n) is 1.38. The number of hydrogen-bond donors (Lipinski definition) is 2. The number of aromatic amines is 1. The summed E-state index contributed by atoms with van der Waals surface area (Å²) in [5.74, 6) is -1.60. The third-order valence-corrected chi connectivity index (χ3v) is 2.23. The summed E-state index contributed by atoms with van der Waals surface area (Å²) in [5.41, 5.74) is -2.13. The van der Waals surface area contributed by atoms with Gasteiger partial charge >= 0.3 is 12.1 Å². The van der Waals surface area contributed by atoms with Crippen molar-refractivity contribution in [1.82, 2.24) is 4.98 Å². The lowest BCUT2D eigenvalue weighted by Crippen LogP contribution is -2.07. The van der Waals surface area contributed by atoms with Crippen LogP contribution in [0.4, 0.5) is 13.2 Å². The van der Waals surface area contributed by atoms with Gasteiger partial charge in [0.15, 0.2) is 0 Å². The van der Waals surface area contributed by atoms with Gasteiger partial charge in [0.05, 0.1) is 10.0 Å². The molecular formula is C6H2Cl2F3NO2. The predicted octanol–water partition coefficient (Wildman–Crippen LogP) is 3.04. The van der Waals surface area contributed by atoms with Crippen molar-refractivity contribution < 1.29 is 23.1 Å². The third kappa shape index (κ3) is 1.80. The number of rotatable bonds is 1. The van der Waals surface area contributed by atoms with Crippen LogP contribution in [-0.4, -0.2) is 16.1 Å². The van der Waals surface area contributed by atoms with E-state index in [2.05, 4.69) is 0 Å². The number of hydrogen-bond acceptors (Lipinski definition) is 1. The van der Waals surface area contributed by atoms with Gasteiger partial charge in [0.25, 0.3) is 0 Å². The first kappa shape index (κ1) is 11.2. The zero-order chi connectivity index (χ0) is 11.1. The molecule has 0 amide bonds. The minimum atomic E-state index is -4.76. The van der Waals surface area contributed by atoms with Gasteiger partial charge in [0.1, 0.15) is 11.4 Å². The van der Waals surface area contributed by atoms with E-state index in [1.807, 2.05) is 0 Å². The lowest BCUT2D eigenvalue weighted by Gasteiger charge is -2.02. The number of halogens is 5. The van der Waals surface area contributed by atoms with Crippen molar-refractivity contribution in [2.45, 2.75) is 6.18 Å². The van der Waals surface area contributed by atoms with Crippen molar-refractivity contribution >= 4 is 29.2 Å². The summed E-state index contributed by atoms with van der Waals surface area (Å²) in [7, 11) is 0. The Labute approximate surface area is 85.4 Å². The van der Waals surface area contributed by atoms with Crippen LogP contribution in [0.3, 0.4) is 0 Å². The zero-order valence-corrected chi connectivity index (χ0v) is 7.76. The van der Waals surface area contributed by atoms with Crippen molar-refractivity contribution in [2.24, 2.45) is 0 Å². The van der Waals surface area contributed by atoms with Gasteiger partial charge in [-0.1, -0.05) is 23.2 Å². The summed E-state index contributed by atoms with van der Waals surface area (Å²) in [5, 5.41) is 6.94. The number of aromatic nitrogens is 1. The van der Waals surface area contributed by atoms with E-state index < -0.39 is 33.6 Å². The Morgan fingerprint density at radius 1 is 1.29 bits per heavy atom. The zero-order valence-electron chi connectivity index (χ0n) is 6.25. The number of carboxylic acids is 1. The molecular weight excluding hydrogens is 246 g/mol. The molecule has 0 bridgehead atoms. The molecule has 1 heterocycles. The summed E-state index contributed by atoms with van der Waals surface area (Å²) in [4.78, 5) is 12.0. The van der Waals surface area contributed by atoms with E-state index in [-0.39, 0.29) is 0 Å². The maximum atomic E-state index is 12.1. The SMILES string of the molecule is O=C(O)c1[nH]c(C(F)(F)F)c(Cl)c1Cl. The highest BCUT2D eigenvalue weighted by Gasteiger charge is 2.38. The number of H-pyrrole nitrogens is 1. The molecule has 1 aromatic heterocycles. The van der Waals surface area contributed by atoms with E-state index in [4.69, 9.17) is 28.3 Å². The molecule has 2 N–H and O–H groups in total. The van der Waals surface area contributed by atoms with E-state index >= 15 is 0 Å². The molecule has 0 saturated carbocycles. The van der Waals surface area contributed by atoms with Crippen LogP contribution >= 0.6 is 23.2 Å². The van der Waals surface area contributed by atoms with Crippen LogP contribution in [0.15, 0.2) is 0 Å². The van der Waals surface area contributed by atoms with Gasteiger partial charge in [0, 0.05) is 0 Å². The van der Waals surface area contributed by atoms with Crippen LogP contribution in [0, 0.1) is 0 Å². The van der Waals surface area contributed by atoms with Gasteiger partial charge in [-0.25, -0.2) is 4.79 Å². The molecule has 0 aliphatic heterocycles. The minimum absolute atomic E-state index is 0.647. The summed E-state index contributed by atoms with van der Waals surface area (Å²) < 4.78 is 36.4. The number of nitrogens with one attached hydrogen (secondary N) is 1. The summed E-state index contributed by atoms with van der Waals surface area (Å²) in [6, 6.07) is 0. The number of carboxylic acid groups (broad SMARTS) is 1. The van der Waals surface area contributed by atoms with Gasteiger partial charge in [-0.2, -0.15) is 13.2 Å². The van der Waals surface area contributed by atoms with E-state index in [1.165, 1.54) is 0 Å². The standard InChI is InChI=1S/C6H2Cl2F3NO2/c7-1-2(8)4(6(9,10)11)12-3(1)5(13)14/h12H,(H,13,14). The van der Waals surface area contributed by atoms with Crippen LogP contribution in [0.25, 0.3) is 0 Å². The fourth-order valence-electron chi connectivity index (χ4n) is 0.797. The van der Waals surface area contributed by atoms with Gasteiger partial charge < -0.3 is 10.1 Å². The van der Waals surface area contributed by atoms with Crippen LogP contribution < -0.4 is 0 Å². The lowest BCUT2D eigenvalue weighted by atomic mass is 10.4. The number of aromatic carboxylic acids is 1. The Morgan fingerprint density at radius 2 is 1.79 bits per heavy atom. The normalized spacial score (nSPS) is 11.8. The quantitative estimate of drug-likeness (QED) is 0.802. The van der Waals surface area contributed by atoms with Gasteiger partial charge in [-0.05, 0) is 0 Å². The molecule has 3 nitrogen and oxygen atoms in total. The monoisotopic (exact) mass is 247 g/mol. The molecule has 0 aromatic carbocycles. The smallest absolute Gasteiger partial charge is 0.432 e. The molecule has 0 unspecified atom stereocenters. The molecule has 1 rings (SSSR count). The second kappa shape index (κ2) is 3.36. The van der Waals surface area contributed by atoms with Crippen molar-refractivity contribution in [2.75, 3.05) is 0 Å². The van der Waals surface area contributed by atoms with E-state index in [0.29, 0.717) is 0 Å². The second-order valence-electron chi connectivity index (χ2n) is 2.31. The summed E-state index contributed by atoms with van der Waals surface area (Å²) in [6.07, 6.45) is -4.76.